The summed E-state index contributed by atoms with van der Waals surface area (Å²) >= 11 is 0. The molecule has 1 aliphatic carbocycles. The third kappa shape index (κ3) is 8.63. The predicted octanol–water partition coefficient (Wildman–Crippen LogP) is 6.65. The molecular weight excluding hydrogens is 653 g/mol. The predicted molar refractivity (Wildman–Crippen MR) is 201 cm³/mol. The molecule has 1 aromatic heterocycles. The molecular formula is C42H52N6O4. The molecule has 0 radical (unpaired) electrons. The summed E-state index contributed by atoms with van der Waals surface area (Å²) in [7, 11) is 0. The Kier molecular flexibility index (Phi) is 11.6. The van der Waals surface area contributed by atoms with E-state index in [1.54, 1.807) is 24.3 Å². The number of anilines is 1. The maximum Gasteiger partial charge on any atom is 0.310 e. The van der Waals surface area contributed by atoms with Crippen molar-refractivity contribution in [3.05, 3.63) is 77.6 Å². The van der Waals surface area contributed by atoms with Gasteiger partial charge in [-0.2, -0.15) is 5.26 Å². The lowest BCUT2D eigenvalue weighted by Gasteiger charge is -2.39. The van der Waals surface area contributed by atoms with E-state index >= 15 is 0 Å². The van der Waals surface area contributed by atoms with Gasteiger partial charge in [0.1, 0.15) is 6.04 Å². The number of amides is 2. The Hall–Kier alpha value is -4.78. The smallest absolute Gasteiger partial charge is 0.310 e. The van der Waals surface area contributed by atoms with Crippen LogP contribution < -0.4 is 10.2 Å². The highest BCUT2D eigenvalue weighted by Crippen LogP contribution is 2.39. The van der Waals surface area contributed by atoms with Crippen LogP contribution in [0.2, 0.25) is 0 Å². The molecule has 1 atom stereocenters. The van der Waals surface area contributed by atoms with Gasteiger partial charge in [0, 0.05) is 43.7 Å². The lowest BCUT2D eigenvalue weighted by atomic mass is 9.72. The quantitative estimate of drug-likeness (QED) is 0.214. The van der Waals surface area contributed by atoms with Crippen LogP contribution in [0.3, 0.4) is 0 Å². The molecule has 3 fully saturated rings. The zero-order chi connectivity index (χ0) is 36.8. The highest BCUT2D eigenvalue weighted by molar-refractivity contribution is 5.98. The molecule has 0 unspecified atom stereocenters. The molecule has 3 heterocycles. The minimum absolute atomic E-state index is 0.114. The van der Waals surface area contributed by atoms with Crippen molar-refractivity contribution in [3.8, 4) is 17.5 Å². The summed E-state index contributed by atoms with van der Waals surface area (Å²) < 4.78 is 0. The van der Waals surface area contributed by atoms with E-state index in [4.69, 9.17) is 9.97 Å². The van der Waals surface area contributed by atoms with Gasteiger partial charge in [-0.05, 0) is 80.5 Å². The normalized spacial score (nSPS) is 20.4. The van der Waals surface area contributed by atoms with Gasteiger partial charge in [-0.1, -0.05) is 69.0 Å². The number of benzene rings is 2. The highest BCUT2D eigenvalue weighted by Gasteiger charge is 2.39. The zero-order valence-corrected chi connectivity index (χ0v) is 30.8. The summed E-state index contributed by atoms with van der Waals surface area (Å²) in [5, 5.41) is 21.7. The Labute approximate surface area is 307 Å². The minimum atomic E-state index is -0.935. The molecule has 10 heteroatoms. The fourth-order valence-corrected chi connectivity index (χ4v) is 8.22. The number of hydrogen-bond acceptors (Lipinski definition) is 7. The standard InChI is InChI=1S/C42H52N6O4/c1-4-5-28-6-10-30(11-7-28)31-18-20-47(21-19-31)36-23-44-38(45-24-36)32-12-8-29(9-13-32)22-37(40(50)48-25-34(26-48)41(51)52)46-39(49)33-14-16-35(17-15-33)42(2,3)27-43/h8-9,12-17,23-24,28,30-31,34,37H,4-7,10-11,18-22,25-26H2,1-3H3,(H,46,49)(H,51,52)/t28-,30-,37-/m0/s1. The van der Waals surface area contributed by atoms with Crippen molar-refractivity contribution in [2.24, 2.45) is 23.7 Å². The molecule has 2 N–H and O–H groups in total. The SMILES string of the molecule is CCC[C@H]1CC[C@H](C2CCN(c3cnc(-c4ccc(C[C@H](NC(=O)c5ccc(C(C)(C)C#N)cc5)C(=O)N5CC(C(=O)O)C5)cc4)nc3)CC2)CC1. The van der Waals surface area contributed by atoms with Crippen LogP contribution >= 0.6 is 0 Å². The molecule has 1 saturated carbocycles. The van der Waals surface area contributed by atoms with Crippen molar-refractivity contribution in [2.75, 3.05) is 31.1 Å². The lowest BCUT2D eigenvalue weighted by Crippen LogP contribution is -2.59. The number of nitrogens with zero attached hydrogens (tertiary/aromatic N) is 5. The van der Waals surface area contributed by atoms with E-state index in [1.807, 2.05) is 50.5 Å². The van der Waals surface area contributed by atoms with E-state index < -0.39 is 29.3 Å². The number of carbonyl (C=O) groups is 3. The Morgan fingerprint density at radius 3 is 2.12 bits per heavy atom. The number of carboxylic acid groups (broad SMARTS) is 1. The number of rotatable bonds is 12. The van der Waals surface area contributed by atoms with Crippen LogP contribution in [0.1, 0.15) is 93.6 Å². The maximum absolute atomic E-state index is 13.5. The Balaban J connectivity index is 1.06. The number of carboxylic acids is 1. The largest absolute Gasteiger partial charge is 0.481 e. The summed E-state index contributed by atoms with van der Waals surface area (Å²) in [4.78, 5) is 51.5. The summed E-state index contributed by atoms with van der Waals surface area (Å²) in [6.45, 7) is 8.25. The summed E-state index contributed by atoms with van der Waals surface area (Å²) in [5.41, 5.74) is 3.20. The fourth-order valence-electron chi connectivity index (χ4n) is 8.22. The molecule has 3 aromatic rings. The first-order chi connectivity index (χ1) is 25.0. The van der Waals surface area contributed by atoms with Crippen molar-refractivity contribution in [1.82, 2.24) is 20.2 Å². The zero-order valence-electron chi connectivity index (χ0n) is 30.8. The number of likely N-dealkylation sites (tertiary alicyclic amines) is 1. The molecule has 2 amide bonds. The number of aliphatic carboxylic acids is 1. The molecule has 2 aromatic carbocycles. The van der Waals surface area contributed by atoms with Gasteiger partial charge in [0.25, 0.3) is 5.91 Å². The molecule has 3 aliphatic rings. The lowest BCUT2D eigenvalue weighted by molar-refractivity contribution is -0.153. The molecule has 2 saturated heterocycles. The number of hydrogen-bond donors (Lipinski definition) is 2. The first-order valence-electron chi connectivity index (χ1n) is 19.0. The van der Waals surface area contributed by atoms with Gasteiger partial charge in [-0.3, -0.25) is 14.4 Å². The van der Waals surface area contributed by atoms with Crippen molar-refractivity contribution < 1.29 is 19.5 Å². The third-order valence-corrected chi connectivity index (χ3v) is 11.7. The Bertz CT molecular complexity index is 1730. The molecule has 6 rings (SSSR count). The molecule has 2 aliphatic heterocycles. The second-order valence-corrected chi connectivity index (χ2v) is 15.7. The van der Waals surface area contributed by atoms with Crippen LogP contribution in [0.5, 0.6) is 0 Å². The van der Waals surface area contributed by atoms with Crippen molar-refractivity contribution >= 4 is 23.5 Å². The average molecular weight is 705 g/mol. The van der Waals surface area contributed by atoms with E-state index in [9.17, 15) is 24.8 Å². The van der Waals surface area contributed by atoms with Gasteiger partial charge in [-0.25, -0.2) is 9.97 Å². The average Bonchev–Trinajstić information content (AvgIpc) is 3.14. The number of aromatic nitrogens is 2. The van der Waals surface area contributed by atoms with Crippen LogP contribution in [0.15, 0.2) is 60.9 Å². The van der Waals surface area contributed by atoms with Crippen molar-refractivity contribution in [1.29, 1.82) is 5.26 Å². The van der Waals surface area contributed by atoms with Gasteiger partial charge in [0.2, 0.25) is 5.91 Å². The summed E-state index contributed by atoms with van der Waals surface area (Å²) in [6.07, 6.45) is 14.9. The van der Waals surface area contributed by atoms with Crippen molar-refractivity contribution in [3.63, 3.8) is 0 Å². The number of nitrogens with one attached hydrogen (secondary N) is 1. The first-order valence-corrected chi connectivity index (χ1v) is 19.0. The summed E-state index contributed by atoms with van der Waals surface area (Å²) in [6, 6.07) is 15.8. The Morgan fingerprint density at radius 2 is 1.54 bits per heavy atom. The van der Waals surface area contributed by atoms with E-state index in [0.717, 1.165) is 53.2 Å². The van der Waals surface area contributed by atoms with E-state index in [-0.39, 0.29) is 25.4 Å². The van der Waals surface area contributed by atoms with Crippen LogP contribution in [0.4, 0.5) is 5.69 Å². The third-order valence-electron chi connectivity index (χ3n) is 11.7. The fraction of sp³-hybridized carbons (Fsp3) is 0.524. The minimum Gasteiger partial charge on any atom is -0.481 e. The van der Waals surface area contributed by atoms with Crippen LogP contribution in [-0.4, -0.2) is 70.0 Å². The van der Waals surface area contributed by atoms with Gasteiger partial charge >= 0.3 is 5.97 Å². The van der Waals surface area contributed by atoms with Gasteiger partial charge in [0.15, 0.2) is 5.82 Å². The monoisotopic (exact) mass is 704 g/mol. The van der Waals surface area contributed by atoms with Crippen LogP contribution in [0.25, 0.3) is 11.4 Å². The molecule has 0 bridgehead atoms. The van der Waals surface area contributed by atoms with Gasteiger partial charge < -0.3 is 20.2 Å². The van der Waals surface area contributed by atoms with Crippen molar-refractivity contribution in [2.45, 2.75) is 90.0 Å². The Morgan fingerprint density at radius 1 is 0.923 bits per heavy atom. The number of carbonyl (C=O) groups excluding carboxylic acids is 2. The molecule has 10 nitrogen and oxygen atoms in total. The second kappa shape index (κ2) is 16.3. The first kappa shape index (κ1) is 37.0. The molecule has 274 valence electrons. The van der Waals surface area contributed by atoms with E-state index in [1.165, 1.54) is 56.3 Å². The molecule has 52 heavy (non-hydrogen) atoms. The molecule has 0 spiro atoms. The van der Waals surface area contributed by atoms with E-state index in [0.29, 0.717) is 11.4 Å². The van der Waals surface area contributed by atoms with E-state index in [2.05, 4.69) is 23.2 Å². The second-order valence-electron chi connectivity index (χ2n) is 15.7. The van der Waals surface area contributed by atoms with Crippen LogP contribution in [-0.2, 0) is 21.4 Å². The van der Waals surface area contributed by atoms with Crippen LogP contribution in [0, 0.1) is 35.0 Å². The highest BCUT2D eigenvalue weighted by atomic mass is 16.4. The van der Waals surface area contributed by atoms with Gasteiger partial charge in [-0.15, -0.1) is 0 Å². The summed E-state index contributed by atoms with van der Waals surface area (Å²) in [5.74, 6) is 1.03. The van der Waals surface area contributed by atoms with Gasteiger partial charge in [0.05, 0.1) is 35.5 Å². The topological polar surface area (TPSA) is 140 Å². The number of piperidine rings is 1. The maximum atomic E-state index is 13.5. The number of nitriles is 1.